The third kappa shape index (κ3) is 4.69. The average Bonchev–Trinajstić information content (AvgIpc) is 2.68. The van der Waals surface area contributed by atoms with Crippen LogP contribution in [0.15, 0.2) is 84.9 Å². The Bertz CT molecular complexity index is 817. The number of hydrogen-bond donors (Lipinski definition) is 0. The van der Waals surface area contributed by atoms with E-state index in [4.69, 9.17) is 4.74 Å². The summed E-state index contributed by atoms with van der Waals surface area (Å²) in [6.45, 7) is 10.4. The predicted molar refractivity (Wildman–Crippen MR) is 125 cm³/mol. The molecule has 0 spiro atoms. The van der Waals surface area contributed by atoms with Crippen LogP contribution in [0.2, 0.25) is 25.7 Å². The van der Waals surface area contributed by atoms with Crippen LogP contribution in [0.25, 0.3) is 0 Å². The first-order chi connectivity index (χ1) is 12.9. The SMILES string of the molecule is C[Si](C)(C)CCOc1ccccc1[P+](C)(c1ccccc1)c1ccccc1. The molecule has 0 bridgehead atoms. The van der Waals surface area contributed by atoms with E-state index in [1.807, 2.05) is 0 Å². The van der Waals surface area contributed by atoms with Crippen LogP contribution >= 0.6 is 7.26 Å². The fourth-order valence-corrected chi connectivity index (χ4v) is 7.37. The van der Waals surface area contributed by atoms with Crippen LogP contribution in [0.5, 0.6) is 5.75 Å². The fourth-order valence-electron chi connectivity index (χ4n) is 3.30. The summed E-state index contributed by atoms with van der Waals surface area (Å²) in [6, 6.07) is 31.6. The summed E-state index contributed by atoms with van der Waals surface area (Å²) in [5, 5.41) is 4.10. The van der Waals surface area contributed by atoms with Crippen molar-refractivity contribution in [1.29, 1.82) is 0 Å². The molecule has 0 aromatic heterocycles. The Morgan fingerprint density at radius 3 is 1.70 bits per heavy atom. The van der Waals surface area contributed by atoms with Crippen molar-refractivity contribution in [3.8, 4) is 5.75 Å². The van der Waals surface area contributed by atoms with Crippen LogP contribution in [0.3, 0.4) is 0 Å². The molecule has 0 saturated heterocycles. The van der Waals surface area contributed by atoms with Gasteiger partial charge in [-0.3, -0.25) is 0 Å². The molecule has 0 aliphatic heterocycles. The van der Waals surface area contributed by atoms with Crippen LogP contribution in [-0.2, 0) is 0 Å². The molecule has 0 heterocycles. The van der Waals surface area contributed by atoms with E-state index in [0.717, 1.165) is 12.4 Å². The lowest BCUT2D eigenvalue weighted by atomic mass is 10.3. The Morgan fingerprint density at radius 1 is 0.704 bits per heavy atom. The fraction of sp³-hybridized carbons (Fsp3) is 0.250. The van der Waals surface area contributed by atoms with E-state index < -0.39 is 15.3 Å². The van der Waals surface area contributed by atoms with E-state index in [2.05, 4.69) is 111 Å². The molecule has 0 saturated carbocycles. The van der Waals surface area contributed by atoms with Crippen molar-refractivity contribution in [2.75, 3.05) is 13.3 Å². The lowest BCUT2D eigenvalue weighted by Crippen LogP contribution is -2.31. The van der Waals surface area contributed by atoms with E-state index in [-0.39, 0.29) is 0 Å². The second-order valence-electron chi connectivity index (χ2n) is 8.30. The first kappa shape index (κ1) is 19.9. The Labute approximate surface area is 165 Å². The molecule has 3 aromatic rings. The number of hydrogen-bond acceptors (Lipinski definition) is 1. The highest BCUT2D eigenvalue weighted by molar-refractivity contribution is 7.95. The minimum atomic E-state index is -1.76. The number of para-hydroxylation sites is 1. The summed E-state index contributed by atoms with van der Waals surface area (Å²) < 4.78 is 6.36. The van der Waals surface area contributed by atoms with Gasteiger partial charge < -0.3 is 4.74 Å². The molecule has 0 N–H and O–H groups in total. The standard InChI is InChI=1S/C24H30OPSi/c1-26(21-13-7-5-8-14-21,22-15-9-6-10-16-22)24-18-12-11-17-23(24)25-19-20-27(2,3)4/h5-18H,19-20H2,1-4H3/q+1. The summed E-state index contributed by atoms with van der Waals surface area (Å²) in [5.41, 5.74) is 0. The van der Waals surface area contributed by atoms with Gasteiger partial charge in [-0.1, -0.05) is 68.2 Å². The second-order valence-corrected chi connectivity index (χ2v) is 17.5. The first-order valence-corrected chi connectivity index (χ1v) is 15.6. The van der Waals surface area contributed by atoms with Gasteiger partial charge in [0.1, 0.15) is 23.2 Å². The van der Waals surface area contributed by atoms with Crippen LogP contribution in [-0.4, -0.2) is 21.3 Å². The van der Waals surface area contributed by atoms with E-state index in [1.54, 1.807) is 0 Å². The Kier molecular flexibility index (Phi) is 6.19. The number of rotatable bonds is 7. The summed E-state index contributed by atoms with van der Waals surface area (Å²) in [4.78, 5) is 0. The zero-order valence-corrected chi connectivity index (χ0v) is 18.7. The van der Waals surface area contributed by atoms with Gasteiger partial charge in [0.25, 0.3) is 0 Å². The predicted octanol–water partition coefficient (Wildman–Crippen LogP) is 5.33. The molecular weight excluding hydrogens is 363 g/mol. The van der Waals surface area contributed by atoms with Gasteiger partial charge in [-0.25, -0.2) is 0 Å². The molecule has 1 nitrogen and oxygen atoms in total. The zero-order chi connectivity index (χ0) is 19.3. The van der Waals surface area contributed by atoms with Crippen LogP contribution < -0.4 is 20.7 Å². The average molecular weight is 394 g/mol. The monoisotopic (exact) mass is 393 g/mol. The molecule has 0 fully saturated rings. The minimum Gasteiger partial charge on any atom is -0.490 e. The highest BCUT2D eigenvalue weighted by atomic mass is 31.2. The topological polar surface area (TPSA) is 9.23 Å². The zero-order valence-electron chi connectivity index (χ0n) is 16.9. The van der Waals surface area contributed by atoms with Crippen molar-refractivity contribution < 1.29 is 4.74 Å². The van der Waals surface area contributed by atoms with Crippen molar-refractivity contribution in [3.63, 3.8) is 0 Å². The smallest absolute Gasteiger partial charge is 0.162 e. The van der Waals surface area contributed by atoms with Crippen LogP contribution in [0.4, 0.5) is 0 Å². The normalized spacial score (nSPS) is 12.0. The molecule has 27 heavy (non-hydrogen) atoms. The molecule has 0 aliphatic rings. The van der Waals surface area contributed by atoms with E-state index in [0.29, 0.717) is 0 Å². The number of ether oxygens (including phenoxy) is 1. The Hall–Kier alpha value is -1.89. The maximum atomic E-state index is 6.36. The van der Waals surface area contributed by atoms with Gasteiger partial charge in [0.2, 0.25) is 0 Å². The largest absolute Gasteiger partial charge is 0.490 e. The molecule has 0 radical (unpaired) electrons. The van der Waals surface area contributed by atoms with Crippen molar-refractivity contribution in [1.82, 2.24) is 0 Å². The van der Waals surface area contributed by atoms with Gasteiger partial charge in [0.05, 0.1) is 13.3 Å². The van der Waals surface area contributed by atoms with Crippen LogP contribution in [0, 0.1) is 0 Å². The molecular formula is C24H30OPSi+. The summed E-state index contributed by atoms with van der Waals surface area (Å²) >= 11 is 0. The van der Waals surface area contributed by atoms with E-state index >= 15 is 0 Å². The van der Waals surface area contributed by atoms with E-state index in [9.17, 15) is 0 Å². The van der Waals surface area contributed by atoms with E-state index in [1.165, 1.54) is 22.0 Å². The molecule has 3 aromatic carbocycles. The molecule has 140 valence electrons. The summed E-state index contributed by atoms with van der Waals surface area (Å²) in [6.07, 6.45) is 0. The Balaban J connectivity index is 2.07. The Morgan fingerprint density at radius 2 is 1.19 bits per heavy atom. The lowest BCUT2D eigenvalue weighted by molar-refractivity contribution is 0.341. The van der Waals surface area contributed by atoms with Gasteiger partial charge in [-0.2, -0.15) is 0 Å². The highest BCUT2D eigenvalue weighted by Crippen LogP contribution is 2.53. The number of benzene rings is 3. The molecule has 0 unspecified atom stereocenters. The van der Waals surface area contributed by atoms with Gasteiger partial charge >= 0.3 is 0 Å². The van der Waals surface area contributed by atoms with Gasteiger partial charge in [-0.05, 0) is 42.4 Å². The van der Waals surface area contributed by atoms with Crippen LogP contribution in [0.1, 0.15) is 0 Å². The highest BCUT2D eigenvalue weighted by Gasteiger charge is 2.42. The third-order valence-corrected chi connectivity index (χ3v) is 10.7. The maximum Gasteiger partial charge on any atom is 0.162 e. The molecule has 3 rings (SSSR count). The van der Waals surface area contributed by atoms with Gasteiger partial charge in [0.15, 0.2) is 5.75 Å². The molecule has 0 aliphatic carbocycles. The van der Waals surface area contributed by atoms with Crippen molar-refractivity contribution >= 4 is 31.2 Å². The van der Waals surface area contributed by atoms with Crippen molar-refractivity contribution in [2.45, 2.75) is 25.7 Å². The molecule has 0 atom stereocenters. The van der Waals surface area contributed by atoms with Crippen molar-refractivity contribution in [3.05, 3.63) is 84.9 Å². The third-order valence-electron chi connectivity index (χ3n) is 5.00. The molecule has 0 amide bonds. The van der Waals surface area contributed by atoms with Crippen molar-refractivity contribution in [2.24, 2.45) is 0 Å². The summed E-state index contributed by atoms with van der Waals surface area (Å²) in [7, 11) is -2.88. The van der Waals surface area contributed by atoms with Gasteiger partial charge in [-0.15, -0.1) is 0 Å². The summed E-state index contributed by atoms with van der Waals surface area (Å²) in [5.74, 6) is 1.04. The van der Waals surface area contributed by atoms with Gasteiger partial charge in [0, 0.05) is 8.07 Å². The minimum absolute atomic E-state index is 0.802. The second kappa shape index (κ2) is 8.42. The molecule has 3 heteroatoms. The maximum absolute atomic E-state index is 6.36. The lowest BCUT2D eigenvalue weighted by Gasteiger charge is -2.25. The first-order valence-electron chi connectivity index (χ1n) is 9.61. The quantitative estimate of drug-likeness (QED) is 0.389.